The highest BCUT2D eigenvalue weighted by molar-refractivity contribution is 5.85. The molecule has 0 fully saturated rings. The lowest BCUT2D eigenvalue weighted by atomic mass is 10.1. The minimum absolute atomic E-state index is 0. The van der Waals surface area contributed by atoms with E-state index in [1.807, 2.05) is 30.3 Å². The molecule has 1 aromatic carbocycles. The van der Waals surface area contributed by atoms with E-state index in [4.69, 9.17) is 5.73 Å². The molecule has 3 heteroatoms. The number of hydrogen-bond acceptors (Lipinski definition) is 1. The van der Waals surface area contributed by atoms with Crippen LogP contribution in [0.2, 0.25) is 0 Å². The van der Waals surface area contributed by atoms with Crippen molar-refractivity contribution in [3.05, 3.63) is 35.9 Å². The molecule has 1 atom stereocenters. The van der Waals surface area contributed by atoms with Crippen LogP contribution in [0.25, 0.3) is 0 Å². The Morgan fingerprint density at radius 3 is 2.27 bits per heavy atom. The first kappa shape index (κ1) is 10.4. The molecule has 0 aromatic heterocycles. The van der Waals surface area contributed by atoms with Crippen molar-refractivity contribution in [2.24, 2.45) is 5.73 Å². The van der Waals surface area contributed by atoms with Crippen LogP contribution in [0.1, 0.15) is 11.6 Å². The highest BCUT2D eigenvalue weighted by atomic mass is 35.5. The zero-order valence-electron chi connectivity index (χ0n) is 6.03. The summed E-state index contributed by atoms with van der Waals surface area (Å²) < 4.78 is 11.9. The van der Waals surface area contributed by atoms with Gasteiger partial charge in [-0.2, -0.15) is 0 Å². The molecule has 0 saturated heterocycles. The molecule has 2 N–H and O–H groups in total. The maximum atomic E-state index is 11.9. The summed E-state index contributed by atoms with van der Waals surface area (Å²) in [6, 6.07) is 8.78. The number of alkyl halides is 1. The van der Waals surface area contributed by atoms with Crippen LogP contribution in [-0.4, -0.2) is 6.67 Å². The highest BCUT2D eigenvalue weighted by Crippen LogP contribution is 2.08. The lowest BCUT2D eigenvalue weighted by molar-refractivity contribution is 0.437. The number of nitrogens with two attached hydrogens (primary N) is 1. The fourth-order valence-electron chi connectivity index (χ4n) is 0.789. The molecule has 1 nitrogen and oxygen atoms in total. The fourth-order valence-corrected chi connectivity index (χ4v) is 0.789. The van der Waals surface area contributed by atoms with E-state index >= 15 is 0 Å². The van der Waals surface area contributed by atoms with Crippen LogP contribution in [0, 0.1) is 0 Å². The number of benzene rings is 1. The Morgan fingerprint density at radius 2 is 1.82 bits per heavy atom. The van der Waals surface area contributed by atoms with Gasteiger partial charge in [-0.05, 0) is 5.56 Å². The van der Waals surface area contributed by atoms with Crippen LogP contribution in [0.3, 0.4) is 0 Å². The monoisotopic (exact) mass is 175 g/mol. The molecule has 62 valence electrons. The highest BCUT2D eigenvalue weighted by Gasteiger charge is 2.01. The van der Waals surface area contributed by atoms with Gasteiger partial charge in [0.25, 0.3) is 0 Å². The van der Waals surface area contributed by atoms with Crippen molar-refractivity contribution >= 4 is 12.4 Å². The third-order valence-electron chi connectivity index (χ3n) is 1.39. The molecule has 1 aromatic rings. The first-order valence-electron chi connectivity index (χ1n) is 3.21. The second-order valence-electron chi connectivity index (χ2n) is 2.17. The number of rotatable bonds is 2. The van der Waals surface area contributed by atoms with Gasteiger partial charge in [0.05, 0.1) is 6.04 Å². The van der Waals surface area contributed by atoms with Crippen LogP contribution < -0.4 is 5.73 Å². The van der Waals surface area contributed by atoms with E-state index in [1.165, 1.54) is 0 Å². The van der Waals surface area contributed by atoms with Crippen molar-refractivity contribution in [3.8, 4) is 0 Å². The predicted octanol–water partition coefficient (Wildman–Crippen LogP) is 2.08. The van der Waals surface area contributed by atoms with Gasteiger partial charge in [0.1, 0.15) is 6.67 Å². The van der Waals surface area contributed by atoms with Gasteiger partial charge in [-0.15, -0.1) is 12.4 Å². The van der Waals surface area contributed by atoms with E-state index in [9.17, 15) is 4.39 Å². The second kappa shape index (κ2) is 5.10. The summed E-state index contributed by atoms with van der Waals surface area (Å²) in [6.45, 7) is -0.496. The Hall–Kier alpha value is -0.600. The van der Waals surface area contributed by atoms with E-state index in [0.717, 1.165) is 5.56 Å². The van der Waals surface area contributed by atoms with E-state index in [2.05, 4.69) is 0 Å². The molecule has 0 heterocycles. The predicted molar refractivity (Wildman–Crippen MR) is 46.6 cm³/mol. The summed E-state index contributed by atoms with van der Waals surface area (Å²) in [5.74, 6) is 0. The molecule has 0 radical (unpaired) electrons. The Bertz CT molecular complexity index is 191. The van der Waals surface area contributed by atoms with Crippen molar-refractivity contribution in [2.45, 2.75) is 6.04 Å². The quantitative estimate of drug-likeness (QED) is 0.732. The molecular weight excluding hydrogens is 165 g/mol. The van der Waals surface area contributed by atoms with Crippen LogP contribution in [0.15, 0.2) is 30.3 Å². The minimum Gasteiger partial charge on any atom is -0.322 e. The lowest BCUT2D eigenvalue weighted by Crippen LogP contribution is -2.11. The summed E-state index contributed by atoms with van der Waals surface area (Å²) in [5.41, 5.74) is 6.27. The summed E-state index contributed by atoms with van der Waals surface area (Å²) in [5, 5.41) is 0. The molecule has 0 spiro atoms. The summed E-state index contributed by atoms with van der Waals surface area (Å²) >= 11 is 0. The molecule has 11 heavy (non-hydrogen) atoms. The molecule has 0 bridgehead atoms. The maximum absolute atomic E-state index is 11.9. The second-order valence-corrected chi connectivity index (χ2v) is 2.17. The van der Waals surface area contributed by atoms with E-state index in [0.29, 0.717) is 0 Å². The maximum Gasteiger partial charge on any atom is 0.109 e. The first-order valence-corrected chi connectivity index (χ1v) is 3.21. The van der Waals surface area contributed by atoms with Crippen molar-refractivity contribution in [3.63, 3.8) is 0 Å². The molecular formula is C8H11ClFN. The molecule has 0 aliphatic heterocycles. The molecule has 0 aliphatic rings. The van der Waals surface area contributed by atoms with Gasteiger partial charge in [0, 0.05) is 0 Å². The van der Waals surface area contributed by atoms with Crippen LogP contribution in [-0.2, 0) is 0 Å². The molecule has 0 amide bonds. The standard InChI is InChI=1S/C8H10FN.ClH/c9-6-8(10)7-4-2-1-3-5-7;/h1-5,8H,6,10H2;1H/t8-;/m0./s1. The van der Waals surface area contributed by atoms with Gasteiger partial charge < -0.3 is 5.73 Å². The van der Waals surface area contributed by atoms with Gasteiger partial charge in [-0.1, -0.05) is 30.3 Å². The normalized spacial score (nSPS) is 11.8. The zero-order valence-corrected chi connectivity index (χ0v) is 6.85. The topological polar surface area (TPSA) is 26.0 Å². The molecule has 1 rings (SSSR count). The van der Waals surface area contributed by atoms with E-state index in [-0.39, 0.29) is 12.4 Å². The zero-order chi connectivity index (χ0) is 7.40. The van der Waals surface area contributed by atoms with E-state index in [1.54, 1.807) is 0 Å². The van der Waals surface area contributed by atoms with Gasteiger partial charge in [0.15, 0.2) is 0 Å². The van der Waals surface area contributed by atoms with Crippen molar-refractivity contribution < 1.29 is 4.39 Å². The van der Waals surface area contributed by atoms with E-state index < -0.39 is 12.7 Å². The molecule has 0 unspecified atom stereocenters. The van der Waals surface area contributed by atoms with Crippen LogP contribution in [0.4, 0.5) is 4.39 Å². The minimum atomic E-state index is -0.496. The molecule has 0 aliphatic carbocycles. The molecule has 0 saturated carbocycles. The largest absolute Gasteiger partial charge is 0.322 e. The number of halogens is 2. The number of hydrogen-bond donors (Lipinski definition) is 1. The van der Waals surface area contributed by atoms with Gasteiger partial charge >= 0.3 is 0 Å². The van der Waals surface area contributed by atoms with Crippen molar-refractivity contribution in [2.75, 3.05) is 6.67 Å². The Morgan fingerprint density at radius 1 is 1.27 bits per heavy atom. The van der Waals surface area contributed by atoms with Crippen LogP contribution in [0.5, 0.6) is 0 Å². The average Bonchev–Trinajstić information content (AvgIpc) is 2.05. The SMILES string of the molecule is Cl.N[C@@H](CF)c1ccccc1. The Labute approximate surface area is 71.8 Å². The smallest absolute Gasteiger partial charge is 0.109 e. The van der Waals surface area contributed by atoms with Crippen molar-refractivity contribution in [1.82, 2.24) is 0 Å². The third-order valence-corrected chi connectivity index (χ3v) is 1.39. The summed E-state index contributed by atoms with van der Waals surface area (Å²) in [4.78, 5) is 0. The Kier molecular flexibility index (Phi) is 4.83. The van der Waals surface area contributed by atoms with Crippen molar-refractivity contribution in [1.29, 1.82) is 0 Å². The summed E-state index contributed by atoms with van der Waals surface area (Å²) in [7, 11) is 0. The van der Waals surface area contributed by atoms with Gasteiger partial charge in [-0.25, -0.2) is 4.39 Å². The first-order chi connectivity index (χ1) is 4.84. The van der Waals surface area contributed by atoms with Gasteiger partial charge in [0.2, 0.25) is 0 Å². The lowest BCUT2D eigenvalue weighted by Gasteiger charge is -2.04. The van der Waals surface area contributed by atoms with Gasteiger partial charge in [-0.3, -0.25) is 0 Å². The van der Waals surface area contributed by atoms with Crippen LogP contribution >= 0.6 is 12.4 Å². The summed E-state index contributed by atoms with van der Waals surface area (Å²) in [6.07, 6.45) is 0. The third kappa shape index (κ3) is 2.87. The average molecular weight is 176 g/mol. The Balaban J connectivity index is 0.000001000. The fraction of sp³-hybridized carbons (Fsp3) is 0.250.